The van der Waals surface area contributed by atoms with Gasteiger partial charge < -0.3 is 10.1 Å². The van der Waals surface area contributed by atoms with Gasteiger partial charge >= 0.3 is 5.97 Å². The van der Waals surface area contributed by atoms with E-state index >= 15 is 0 Å². The van der Waals surface area contributed by atoms with Crippen LogP contribution < -0.4 is 5.32 Å². The van der Waals surface area contributed by atoms with Gasteiger partial charge in [-0.2, -0.15) is 0 Å². The Morgan fingerprint density at radius 2 is 2.06 bits per heavy atom. The van der Waals surface area contributed by atoms with E-state index < -0.39 is 0 Å². The van der Waals surface area contributed by atoms with Gasteiger partial charge in [-0.05, 0) is 32.1 Å². The third-order valence-corrected chi connectivity index (χ3v) is 3.69. The highest BCUT2D eigenvalue weighted by atomic mass is 16.5. The van der Waals surface area contributed by atoms with Gasteiger partial charge in [0.05, 0.1) is 13.2 Å². The normalized spacial score (nSPS) is 18.9. The van der Waals surface area contributed by atoms with Crippen molar-refractivity contribution in [1.29, 1.82) is 0 Å². The fourth-order valence-electron chi connectivity index (χ4n) is 2.43. The van der Waals surface area contributed by atoms with Crippen LogP contribution >= 0.6 is 0 Å². The second-order valence-electron chi connectivity index (χ2n) is 5.14. The Morgan fingerprint density at radius 3 is 2.71 bits per heavy atom. The Hall–Kier alpha value is -0.570. The summed E-state index contributed by atoms with van der Waals surface area (Å²) in [4.78, 5) is 11.4. The second-order valence-corrected chi connectivity index (χ2v) is 5.14. The van der Waals surface area contributed by atoms with Crippen LogP contribution in [0.2, 0.25) is 0 Å². The summed E-state index contributed by atoms with van der Waals surface area (Å²) in [5, 5.41) is 3.30. The Morgan fingerprint density at radius 1 is 1.35 bits per heavy atom. The predicted octanol–water partition coefficient (Wildman–Crippen LogP) is 2.89. The summed E-state index contributed by atoms with van der Waals surface area (Å²) < 4.78 is 5.12. The lowest BCUT2D eigenvalue weighted by molar-refractivity contribution is -0.142. The number of unbranched alkanes of at least 4 members (excludes halogenated alkanes) is 1. The molecule has 0 aromatic rings. The van der Waals surface area contributed by atoms with Crippen molar-refractivity contribution in [1.82, 2.24) is 5.32 Å². The van der Waals surface area contributed by atoms with Gasteiger partial charge in [-0.1, -0.05) is 32.6 Å². The minimum atomic E-state index is -0.110. The number of ether oxygens (including phenoxy) is 1. The zero-order valence-electron chi connectivity index (χ0n) is 11.3. The van der Waals surface area contributed by atoms with Gasteiger partial charge in [-0.3, -0.25) is 4.79 Å². The summed E-state index contributed by atoms with van der Waals surface area (Å²) in [7, 11) is 0. The Balaban J connectivity index is 2.09. The van der Waals surface area contributed by atoms with Crippen LogP contribution in [0.3, 0.4) is 0 Å². The summed E-state index contributed by atoms with van der Waals surface area (Å²) in [5.74, 6) is 0.633. The third-order valence-electron chi connectivity index (χ3n) is 3.69. The first kappa shape index (κ1) is 14.5. The number of hydrogen-bond acceptors (Lipinski definition) is 3. The molecule has 0 aliphatic heterocycles. The molecular weight excluding hydrogens is 214 g/mol. The van der Waals surface area contributed by atoms with Gasteiger partial charge in [0.1, 0.15) is 0 Å². The standard InChI is InChI=1S/C14H27NO2/c1-3-4-10-17-14(16)11-15-12(2)13-8-6-5-7-9-13/h12-13,15H,3-11H2,1-2H3. The number of carbonyl (C=O) groups excluding carboxylic acids is 1. The highest BCUT2D eigenvalue weighted by molar-refractivity contribution is 5.71. The fraction of sp³-hybridized carbons (Fsp3) is 0.929. The summed E-state index contributed by atoms with van der Waals surface area (Å²) in [5.41, 5.74) is 0. The minimum absolute atomic E-state index is 0.110. The molecule has 100 valence electrons. The Kier molecular flexibility index (Phi) is 7.25. The zero-order chi connectivity index (χ0) is 12.5. The molecule has 1 rings (SSSR count). The summed E-state index contributed by atoms with van der Waals surface area (Å²) in [6.07, 6.45) is 8.71. The summed E-state index contributed by atoms with van der Waals surface area (Å²) >= 11 is 0. The Bertz CT molecular complexity index is 212. The molecule has 3 nitrogen and oxygen atoms in total. The first-order chi connectivity index (χ1) is 8.24. The highest BCUT2D eigenvalue weighted by Gasteiger charge is 2.20. The molecule has 0 spiro atoms. The van der Waals surface area contributed by atoms with E-state index in [2.05, 4.69) is 19.2 Å². The van der Waals surface area contributed by atoms with Crippen LogP contribution in [-0.2, 0) is 9.53 Å². The average molecular weight is 241 g/mol. The van der Waals surface area contributed by atoms with Crippen molar-refractivity contribution in [2.75, 3.05) is 13.2 Å². The van der Waals surface area contributed by atoms with Gasteiger partial charge in [0, 0.05) is 6.04 Å². The van der Waals surface area contributed by atoms with Crippen LogP contribution in [0.5, 0.6) is 0 Å². The van der Waals surface area contributed by atoms with Gasteiger partial charge in [-0.25, -0.2) is 0 Å². The van der Waals surface area contributed by atoms with Gasteiger partial charge in [0.15, 0.2) is 0 Å². The van der Waals surface area contributed by atoms with E-state index in [4.69, 9.17) is 4.74 Å². The number of rotatable bonds is 7. The maximum atomic E-state index is 11.4. The van der Waals surface area contributed by atoms with Crippen molar-refractivity contribution in [2.45, 2.75) is 64.8 Å². The lowest BCUT2D eigenvalue weighted by Crippen LogP contribution is -2.38. The third kappa shape index (κ3) is 6.06. The minimum Gasteiger partial charge on any atom is -0.465 e. The molecule has 1 atom stereocenters. The van der Waals surface area contributed by atoms with E-state index in [-0.39, 0.29) is 5.97 Å². The topological polar surface area (TPSA) is 38.3 Å². The van der Waals surface area contributed by atoms with Crippen molar-refractivity contribution >= 4 is 5.97 Å². The van der Waals surface area contributed by atoms with Crippen molar-refractivity contribution in [3.05, 3.63) is 0 Å². The van der Waals surface area contributed by atoms with Gasteiger partial charge in [0.2, 0.25) is 0 Å². The van der Waals surface area contributed by atoms with E-state index in [1.807, 2.05) is 0 Å². The van der Waals surface area contributed by atoms with Crippen molar-refractivity contribution < 1.29 is 9.53 Å². The molecule has 3 heteroatoms. The molecule has 0 aromatic carbocycles. The molecule has 17 heavy (non-hydrogen) atoms. The molecule has 0 heterocycles. The molecule has 0 bridgehead atoms. The van der Waals surface area contributed by atoms with Crippen molar-refractivity contribution in [2.24, 2.45) is 5.92 Å². The van der Waals surface area contributed by atoms with Crippen LogP contribution in [0, 0.1) is 5.92 Å². The summed E-state index contributed by atoms with van der Waals surface area (Å²) in [6.45, 7) is 5.21. The first-order valence-electron chi connectivity index (χ1n) is 7.13. The van der Waals surface area contributed by atoms with Gasteiger partial charge in [-0.15, -0.1) is 0 Å². The SMILES string of the molecule is CCCCOC(=O)CNC(C)C1CCCCC1. The van der Waals surface area contributed by atoms with E-state index in [1.165, 1.54) is 32.1 Å². The smallest absolute Gasteiger partial charge is 0.319 e. The van der Waals surface area contributed by atoms with E-state index in [9.17, 15) is 4.79 Å². The zero-order valence-corrected chi connectivity index (χ0v) is 11.3. The van der Waals surface area contributed by atoms with E-state index in [0.29, 0.717) is 19.2 Å². The molecule has 0 amide bonds. The van der Waals surface area contributed by atoms with Gasteiger partial charge in [0.25, 0.3) is 0 Å². The predicted molar refractivity (Wildman–Crippen MR) is 69.9 cm³/mol. The molecule has 1 fully saturated rings. The first-order valence-corrected chi connectivity index (χ1v) is 7.13. The maximum absolute atomic E-state index is 11.4. The molecule has 0 radical (unpaired) electrons. The summed E-state index contributed by atoms with van der Waals surface area (Å²) in [6, 6.07) is 0.439. The maximum Gasteiger partial charge on any atom is 0.319 e. The van der Waals surface area contributed by atoms with Crippen molar-refractivity contribution in [3.8, 4) is 0 Å². The Labute approximate surface area is 105 Å². The van der Waals surface area contributed by atoms with E-state index in [0.717, 1.165) is 18.8 Å². The quantitative estimate of drug-likeness (QED) is 0.550. The molecule has 1 N–H and O–H groups in total. The lowest BCUT2D eigenvalue weighted by atomic mass is 9.84. The molecular formula is C14H27NO2. The van der Waals surface area contributed by atoms with Crippen LogP contribution in [-0.4, -0.2) is 25.2 Å². The molecule has 0 saturated heterocycles. The van der Waals surface area contributed by atoms with Crippen LogP contribution in [0.15, 0.2) is 0 Å². The molecule has 1 aliphatic carbocycles. The lowest BCUT2D eigenvalue weighted by Gasteiger charge is -2.28. The number of hydrogen-bond donors (Lipinski definition) is 1. The van der Waals surface area contributed by atoms with Crippen LogP contribution in [0.25, 0.3) is 0 Å². The number of carbonyl (C=O) groups is 1. The number of esters is 1. The molecule has 1 unspecified atom stereocenters. The largest absolute Gasteiger partial charge is 0.465 e. The monoisotopic (exact) mass is 241 g/mol. The van der Waals surface area contributed by atoms with E-state index in [1.54, 1.807) is 0 Å². The number of nitrogens with one attached hydrogen (secondary N) is 1. The average Bonchev–Trinajstić information content (AvgIpc) is 2.37. The molecule has 0 aromatic heterocycles. The molecule has 1 aliphatic rings. The van der Waals surface area contributed by atoms with Crippen molar-refractivity contribution in [3.63, 3.8) is 0 Å². The fourth-order valence-corrected chi connectivity index (χ4v) is 2.43. The van der Waals surface area contributed by atoms with Crippen LogP contribution in [0.1, 0.15) is 58.8 Å². The second kappa shape index (κ2) is 8.51. The van der Waals surface area contributed by atoms with Crippen LogP contribution in [0.4, 0.5) is 0 Å². The molecule has 1 saturated carbocycles. The highest BCUT2D eigenvalue weighted by Crippen LogP contribution is 2.26.